The molecule has 1 N–H and O–H groups in total. The van der Waals surface area contributed by atoms with E-state index in [1.807, 2.05) is 24.9 Å². The number of likely N-dealkylation sites (N-methyl/N-ethyl adjacent to an activating group) is 1. The maximum Gasteiger partial charge on any atom is 0.229 e. The maximum atomic E-state index is 13.2. The minimum Gasteiger partial charge on any atom is -0.341 e. The van der Waals surface area contributed by atoms with E-state index in [1.165, 1.54) is 12.1 Å². The monoisotopic (exact) mass is 300 g/mol. The van der Waals surface area contributed by atoms with E-state index >= 15 is 0 Å². The van der Waals surface area contributed by atoms with Crippen LogP contribution in [-0.4, -0.2) is 37.0 Å². The molecule has 0 aliphatic carbocycles. The van der Waals surface area contributed by atoms with Gasteiger partial charge in [-0.05, 0) is 44.5 Å². The number of carbonyl (C=O) groups is 1. The van der Waals surface area contributed by atoms with Crippen molar-refractivity contribution in [1.29, 1.82) is 0 Å². The minimum atomic E-state index is -0.288. The van der Waals surface area contributed by atoms with Crippen LogP contribution >= 0.6 is 12.4 Å². The second kappa shape index (κ2) is 7.60. The van der Waals surface area contributed by atoms with E-state index in [-0.39, 0.29) is 30.0 Å². The Morgan fingerprint density at radius 1 is 1.50 bits per heavy atom. The molecule has 0 spiro atoms. The van der Waals surface area contributed by atoms with Crippen molar-refractivity contribution in [2.45, 2.75) is 31.7 Å². The van der Waals surface area contributed by atoms with E-state index < -0.39 is 0 Å². The summed E-state index contributed by atoms with van der Waals surface area (Å²) in [6.45, 7) is 3.39. The fourth-order valence-electron chi connectivity index (χ4n) is 2.61. The first-order valence-corrected chi connectivity index (χ1v) is 6.83. The molecule has 1 aromatic carbocycles. The number of amides is 1. The number of likely N-dealkylation sites (tertiary alicyclic amines) is 1. The number of carbonyl (C=O) groups excluding carboxylic acids is 1. The highest BCUT2D eigenvalue weighted by Crippen LogP contribution is 2.21. The third-order valence-corrected chi connectivity index (χ3v) is 3.86. The first-order valence-electron chi connectivity index (χ1n) is 6.83. The highest BCUT2D eigenvalue weighted by atomic mass is 35.5. The Morgan fingerprint density at radius 3 is 2.90 bits per heavy atom. The molecule has 1 fully saturated rings. The van der Waals surface area contributed by atoms with Gasteiger partial charge in [-0.1, -0.05) is 12.1 Å². The number of nitrogens with one attached hydrogen (secondary N) is 1. The van der Waals surface area contributed by atoms with Crippen molar-refractivity contribution in [3.8, 4) is 0 Å². The third-order valence-electron chi connectivity index (χ3n) is 3.86. The lowest BCUT2D eigenvalue weighted by atomic mass is 9.97. The summed E-state index contributed by atoms with van der Waals surface area (Å²) in [5, 5.41) is 3.22. The van der Waals surface area contributed by atoms with Gasteiger partial charge in [0.2, 0.25) is 5.91 Å². The predicted octanol–water partition coefficient (Wildman–Crippen LogP) is 2.56. The molecule has 2 atom stereocenters. The molecule has 0 bridgehead atoms. The predicted molar refractivity (Wildman–Crippen MR) is 80.7 cm³/mol. The molecule has 2 rings (SSSR count). The second-order valence-corrected chi connectivity index (χ2v) is 5.19. The van der Waals surface area contributed by atoms with Crippen molar-refractivity contribution in [3.63, 3.8) is 0 Å². The van der Waals surface area contributed by atoms with Crippen molar-refractivity contribution in [1.82, 2.24) is 10.2 Å². The van der Waals surface area contributed by atoms with Crippen LogP contribution in [0.25, 0.3) is 0 Å². The standard InChI is InChI=1S/C15H21FN2O.ClH/c1-11(12-5-3-6-13(16)9-12)15(19)18-8-4-7-14(10-18)17-2;/h3,5-6,9,11,14,17H,4,7-8,10H2,1-2H3;1H. The van der Waals surface area contributed by atoms with Gasteiger partial charge < -0.3 is 10.2 Å². The molecular formula is C15H22ClFN2O. The summed E-state index contributed by atoms with van der Waals surface area (Å²) in [4.78, 5) is 14.3. The highest BCUT2D eigenvalue weighted by Gasteiger charge is 2.26. The van der Waals surface area contributed by atoms with Crippen LogP contribution in [0.15, 0.2) is 24.3 Å². The summed E-state index contributed by atoms with van der Waals surface area (Å²) < 4.78 is 13.2. The quantitative estimate of drug-likeness (QED) is 0.930. The zero-order chi connectivity index (χ0) is 13.8. The van der Waals surface area contributed by atoms with Crippen LogP contribution in [-0.2, 0) is 4.79 Å². The van der Waals surface area contributed by atoms with Crippen molar-refractivity contribution in [3.05, 3.63) is 35.6 Å². The van der Waals surface area contributed by atoms with Gasteiger partial charge in [0.1, 0.15) is 5.82 Å². The fourth-order valence-corrected chi connectivity index (χ4v) is 2.61. The van der Waals surface area contributed by atoms with Crippen molar-refractivity contribution >= 4 is 18.3 Å². The molecule has 112 valence electrons. The smallest absolute Gasteiger partial charge is 0.229 e. The number of rotatable bonds is 3. The number of piperidine rings is 1. The molecule has 0 saturated carbocycles. The number of hydrogen-bond donors (Lipinski definition) is 1. The maximum absolute atomic E-state index is 13.2. The third kappa shape index (κ3) is 3.93. The fraction of sp³-hybridized carbons (Fsp3) is 0.533. The average Bonchev–Trinajstić information content (AvgIpc) is 2.45. The summed E-state index contributed by atoms with van der Waals surface area (Å²) in [5.41, 5.74) is 0.747. The van der Waals surface area contributed by atoms with Gasteiger partial charge in [-0.2, -0.15) is 0 Å². The molecule has 1 heterocycles. The van der Waals surface area contributed by atoms with E-state index in [1.54, 1.807) is 6.07 Å². The number of halogens is 2. The zero-order valence-corrected chi connectivity index (χ0v) is 12.8. The Balaban J connectivity index is 0.00000200. The van der Waals surface area contributed by atoms with E-state index in [9.17, 15) is 9.18 Å². The van der Waals surface area contributed by atoms with Crippen LogP contribution in [0.1, 0.15) is 31.2 Å². The molecule has 1 aliphatic heterocycles. The van der Waals surface area contributed by atoms with Crippen molar-refractivity contribution < 1.29 is 9.18 Å². The van der Waals surface area contributed by atoms with E-state index in [4.69, 9.17) is 0 Å². The molecule has 1 amide bonds. The molecule has 1 aliphatic rings. The van der Waals surface area contributed by atoms with Gasteiger partial charge in [-0.25, -0.2) is 4.39 Å². The number of benzene rings is 1. The van der Waals surface area contributed by atoms with Gasteiger partial charge >= 0.3 is 0 Å². The molecule has 20 heavy (non-hydrogen) atoms. The zero-order valence-electron chi connectivity index (χ0n) is 11.9. The first kappa shape index (κ1) is 16.9. The van der Waals surface area contributed by atoms with Crippen LogP contribution in [0.2, 0.25) is 0 Å². The lowest BCUT2D eigenvalue weighted by Crippen LogP contribution is -2.48. The molecule has 5 heteroatoms. The van der Waals surface area contributed by atoms with Gasteiger partial charge in [0.05, 0.1) is 5.92 Å². The molecule has 0 aromatic heterocycles. The van der Waals surface area contributed by atoms with Crippen LogP contribution in [0, 0.1) is 5.82 Å². The summed E-state index contributed by atoms with van der Waals surface area (Å²) in [6.07, 6.45) is 2.13. The molecular weight excluding hydrogens is 279 g/mol. The van der Waals surface area contributed by atoms with Gasteiger partial charge in [-0.3, -0.25) is 4.79 Å². The normalized spacial score (nSPS) is 20.1. The Morgan fingerprint density at radius 2 is 2.25 bits per heavy atom. The Kier molecular flexibility index (Phi) is 6.43. The number of hydrogen-bond acceptors (Lipinski definition) is 2. The molecule has 1 saturated heterocycles. The largest absolute Gasteiger partial charge is 0.341 e. The van der Waals surface area contributed by atoms with E-state index in [0.717, 1.165) is 31.5 Å². The second-order valence-electron chi connectivity index (χ2n) is 5.19. The molecule has 2 unspecified atom stereocenters. The van der Waals surface area contributed by atoms with Crippen molar-refractivity contribution in [2.24, 2.45) is 0 Å². The van der Waals surface area contributed by atoms with E-state index in [2.05, 4.69) is 5.32 Å². The first-order chi connectivity index (χ1) is 9.11. The Bertz CT molecular complexity index is 455. The minimum absolute atomic E-state index is 0. The lowest BCUT2D eigenvalue weighted by Gasteiger charge is -2.34. The summed E-state index contributed by atoms with van der Waals surface area (Å²) in [5.74, 6) is -0.485. The summed E-state index contributed by atoms with van der Waals surface area (Å²) in [6, 6.07) is 6.68. The highest BCUT2D eigenvalue weighted by molar-refractivity contribution is 5.85. The van der Waals surface area contributed by atoms with Crippen LogP contribution in [0.3, 0.4) is 0 Å². The van der Waals surface area contributed by atoms with E-state index in [0.29, 0.717) is 6.04 Å². The van der Waals surface area contributed by atoms with Crippen molar-refractivity contribution in [2.75, 3.05) is 20.1 Å². The van der Waals surface area contributed by atoms with Gasteiger partial charge in [-0.15, -0.1) is 12.4 Å². The Hall–Kier alpha value is -1.13. The van der Waals surface area contributed by atoms with Gasteiger partial charge in [0, 0.05) is 19.1 Å². The SMILES string of the molecule is CNC1CCCN(C(=O)C(C)c2cccc(F)c2)C1.Cl. The Labute approximate surface area is 125 Å². The van der Waals surface area contributed by atoms with Crippen LogP contribution in [0.5, 0.6) is 0 Å². The molecule has 1 aromatic rings. The summed E-state index contributed by atoms with van der Waals surface area (Å²) >= 11 is 0. The lowest BCUT2D eigenvalue weighted by molar-refractivity contribution is -0.133. The van der Waals surface area contributed by atoms with Crippen LogP contribution < -0.4 is 5.32 Å². The average molecular weight is 301 g/mol. The molecule has 0 radical (unpaired) electrons. The number of nitrogens with zero attached hydrogens (tertiary/aromatic N) is 1. The summed E-state index contributed by atoms with van der Waals surface area (Å²) in [7, 11) is 1.93. The van der Waals surface area contributed by atoms with Crippen LogP contribution in [0.4, 0.5) is 4.39 Å². The van der Waals surface area contributed by atoms with Gasteiger partial charge in [0.25, 0.3) is 0 Å². The molecule has 3 nitrogen and oxygen atoms in total. The van der Waals surface area contributed by atoms with Gasteiger partial charge in [0.15, 0.2) is 0 Å². The topological polar surface area (TPSA) is 32.3 Å².